The largest absolute Gasteiger partial charge is 0.382 e. The van der Waals surface area contributed by atoms with Gasteiger partial charge in [0, 0.05) is 19.6 Å². The highest BCUT2D eigenvalue weighted by Crippen LogP contribution is 2.26. The van der Waals surface area contributed by atoms with Gasteiger partial charge in [-0.1, -0.05) is 18.3 Å². The van der Waals surface area contributed by atoms with Crippen LogP contribution in [0.25, 0.3) is 0 Å². The summed E-state index contributed by atoms with van der Waals surface area (Å²) in [6.45, 7) is 7.48. The van der Waals surface area contributed by atoms with Crippen LogP contribution >= 0.6 is 11.3 Å². The molecule has 1 aromatic heterocycles. The predicted molar refractivity (Wildman–Crippen MR) is 85.6 cm³/mol. The summed E-state index contributed by atoms with van der Waals surface area (Å²) in [7, 11) is 0. The van der Waals surface area contributed by atoms with Crippen LogP contribution in [0.3, 0.4) is 0 Å². The molecule has 4 N–H and O–H groups in total. The van der Waals surface area contributed by atoms with Crippen molar-refractivity contribution in [2.24, 2.45) is 0 Å². The molecule has 2 amide bonds. The Hall–Kier alpha value is -1.83. The number of nitrogens with one attached hydrogen (secondary N) is 2. The average molecular weight is 313 g/mol. The minimum absolute atomic E-state index is 0.0260. The Kier molecular flexibility index (Phi) is 6.93. The van der Waals surface area contributed by atoms with Gasteiger partial charge >= 0.3 is 0 Å². The van der Waals surface area contributed by atoms with Gasteiger partial charge in [-0.15, -0.1) is 0 Å². The van der Waals surface area contributed by atoms with E-state index in [-0.39, 0.29) is 24.2 Å². The summed E-state index contributed by atoms with van der Waals surface area (Å²) in [5.41, 5.74) is 5.81. The fourth-order valence-electron chi connectivity index (χ4n) is 1.69. The molecule has 1 aromatic rings. The van der Waals surface area contributed by atoms with Crippen LogP contribution in [0.1, 0.15) is 36.9 Å². The average Bonchev–Trinajstić information content (AvgIpc) is 2.83. The van der Waals surface area contributed by atoms with Crippen molar-refractivity contribution in [3.8, 4) is 0 Å². The van der Waals surface area contributed by atoms with Crippen LogP contribution in [0.5, 0.6) is 0 Å². The molecule has 0 aliphatic rings. The summed E-state index contributed by atoms with van der Waals surface area (Å²) in [5, 5.41) is 6.41. The number of amides is 2. The fraction of sp³-hybridized carbons (Fsp3) is 0.615. The van der Waals surface area contributed by atoms with Gasteiger partial charge in [0.25, 0.3) is 5.91 Å². The van der Waals surface area contributed by atoms with Gasteiger partial charge in [0.1, 0.15) is 10.7 Å². The molecule has 7 nitrogen and oxygen atoms in total. The van der Waals surface area contributed by atoms with Gasteiger partial charge in [-0.25, -0.2) is 4.98 Å². The Morgan fingerprint density at radius 2 is 2.05 bits per heavy atom. The second-order valence-electron chi connectivity index (χ2n) is 4.43. The van der Waals surface area contributed by atoms with Crippen LogP contribution < -0.4 is 16.4 Å². The van der Waals surface area contributed by atoms with Gasteiger partial charge < -0.3 is 21.3 Å². The molecule has 0 saturated carbocycles. The van der Waals surface area contributed by atoms with E-state index in [0.717, 1.165) is 13.0 Å². The zero-order valence-electron chi connectivity index (χ0n) is 12.7. The zero-order valence-corrected chi connectivity index (χ0v) is 13.5. The molecule has 0 bridgehead atoms. The number of hydrogen-bond donors (Lipinski definition) is 3. The van der Waals surface area contributed by atoms with Crippen LogP contribution in [-0.4, -0.2) is 47.9 Å². The quantitative estimate of drug-likeness (QED) is 0.668. The van der Waals surface area contributed by atoms with Crippen molar-refractivity contribution in [2.45, 2.75) is 27.2 Å². The summed E-state index contributed by atoms with van der Waals surface area (Å²) in [4.78, 5) is 30.0. The van der Waals surface area contributed by atoms with Crippen molar-refractivity contribution in [2.75, 3.05) is 37.2 Å². The number of nitrogens with zero attached hydrogens (tertiary/aromatic N) is 2. The molecular weight excluding hydrogens is 290 g/mol. The monoisotopic (exact) mass is 313 g/mol. The van der Waals surface area contributed by atoms with E-state index in [2.05, 4.69) is 15.6 Å². The standard InChI is InChI=1S/C13H23N5O2S/c1-4-7-16-13-17-11(14)10(21-13)12(20)18(6-3)8-9(19)15-5-2/h4-8,14H2,1-3H3,(H,15,19)(H,16,17). The van der Waals surface area contributed by atoms with Crippen molar-refractivity contribution in [3.63, 3.8) is 0 Å². The van der Waals surface area contributed by atoms with Gasteiger partial charge in [0.2, 0.25) is 5.91 Å². The third-order valence-electron chi connectivity index (χ3n) is 2.75. The third-order valence-corrected chi connectivity index (χ3v) is 3.77. The van der Waals surface area contributed by atoms with Crippen LogP contribution in [0, 0.1) is 0 Å². The van der Waals surface area contributed by atoms with Gasteiger partial charge in [0.15, 0.2) is 5.13 Å². The highest BCUT2D eigenvalue weighted by atomic mass is 32.1. The Bertz CT molecular complexity index is 489. The number of anilines is 2. The number of carbonyl (C=O) groups is 2. The normalized spacial score (nSPS) is 10.2. The Morgan fingerprint density at radius 3 is 2.62 bits per heavy atom. The molecule has 8 heteroatoms. The number of aromatic nitrogens is 1. The maximum Gasteiger partial charge on any atom is 0.268 e. The molecule has 21 heavy (non-hydrogen) atoms. The second kappa shape index (κ2) is 8.46. The molecule has 0 aliphatic carbocycles. The molecular formula is C13H23N5O2S. The van der Waals surface area contributed by atoms with Gasteiger partial charge in [-0.05, 0) is 20.3 Å². The Balaban J connectivity index is 2.79. The predicted octanol–water partition coefficient (Wildman–Crippen LogP) is 1.15. The zero-order chi connectivity index (χ0) is 15.8. The van der Waals surface area contributed by atoms with E-state index >= 15 is 0 Å². The molecule has 0 radical (unpaired) electrons. The molecule has 1 rings (SSSR count). The highest BCUT2D eigenvalue weighted by molar-refractivity contribution is 7.18. The first kappa shape index (κ1) is 17.2. The van der Waals surface area contributed by atoms with Crippen molar-refractivity contribution in [1.82, 2.24) is 15.2 Å². The smallest absolute Gasteiger partial charge is 0.268 e. The summed E-state index contributed by atoms with van der Waals surface area (Å²) >= 11 is 1.22. The number of hydrogen-bond acceptors (Lipinski definition) is 6. The molecule has 1 heterocycles. The van der Waals surface area contributed by atoms with Gasteiger partial charge in [-0.2, -0.15) is 0 Å². The van der Waals surface area contributed by atoms with Gasteiger partial charge in [-0.3, -0.25) is 9.59 Å². The lowest BCUT2D eigenvalue weighted by Crippen LogP contribution is -2.40. The summed E-state index contributed by atoms with van der Waals surface area (Å²) < 4.78 is 0. The fourth-order valence-corrected chi connectivity index (χ4v) is 2.57. The summed E-state index contributed by atoms with van der Waals surface area (Å²) in [5.74, 6) is -0.235. The first-order chi connectivity index (χ1) is 10.0. The maximum atomic E-state index is 12.4. The number of nitrogen functional groups attached to an aromatic ring is 1. The number of carbonyl (C=O) groups excluding carboxylic acids is 2. The SMILES string of the molecule is CCCNc1nc(N)c(C(=O)N(CC)CC(=O)NCC)s1. The van der Waals surface area contributed by atoms with Crippen LogP contribution in [0.15, 0.2) is 0 Å². The third kappa shape index (κ3) is 4.89. The lowest BCUT2D eigenvalue weighted by Gasteiger charge is -2.19. The topological polar surface area (TPSA) is 100 Å². The van der Waals surface area contributed by atoms with E-state index in [1.165, 1.54) is 16.2 Å². The van der Waals surface area contributed by atoms with E-state index in [9.17, 15) is 9.59 Å². The minimum Gasteiger partial charge on any atom is -0.382 e. The number of likely N-dealkylation sites (N-methyl/N-ethyl adjacent to an activating group) is 2. The summed E-state index contributed by atoms with van der Waals surface area (Å²) in [6.07, 6.45) is 0.959. The Morgan fingerprint density at radius 1 is 1.33 bits per heavy atom. The van der Waals surface area contributed by atoms with Crippen molar-refractivity contribution in [3.05, 3.63) is 4.88 Å². The molecule has 118 valence electrons. The van der Waals surface area contributed by atoms with Crippen molar-refractivity contribution in [1.29, 1.82) is 0 Å². The second-order valence-corrected chi connectivity index (χ2v) is 5.43. The highest BCUT2D eigenvalue weighted by Gasteiger charge is 2.22. The van der Waals surface area contributed by atoms with E-state index in [1.54, 1.807) is 0 Å². The molecule has 0 atom stereocenters. The number of rotatable bonds is 8. The summed E-state index contributed by atoms with van der Waals surface area (Å²) in [6, 6.07) is 0. The first-order valence-electron chi connectivity index (χ1n) is 7.09. The van der Waals surface area contributed by atoms with E-state index in [4.69, 9.17) is 5.73 Å². The Labute approximate surface area is 128 Å². The molecule has 0 spiro atoms. The molecule has 0 unspecified atom stereocenters. The molecule has 0 fully saturated rings. The van der Waals surface area contributed by atoms with E-state index in [0.29, 0.717) is 23.1 Å². The van der Waals surface area contributed by atoms with Crippen LogP contribution in [-0.2, 0) is 4.79 Å². The van der Waals surface area contributed by atoms with Crippen molar-refractivity contribution >= 4 is 34.1 Å². The lowest BCUT2D eigenvalue weighted by atomic mass is 10.3. The maximum absolute atomic E-state index is 12.4. The lowest BCUT2D eigenvalue weighted by molar-refractivity contribution is -0.121. The van der Waals surface area contributed by atoms with Crippen LogP contribution in [0.4, 0.5) is 10.9 Å². The van der Waals surface area contributed by atoms with Crippen LogP contribution in [0.2, 0.25) is 0 Å². The minimum atomic E-state index is -0.261. The van der Waals surface area contributed by atoms with Crippen molar-refractivity contribution < 1.29 is 9.59 Å². The number of thiazole rings is 1. The van der Waals surface area contributed by atoms with E-state index < -0.39 is 0 Å². The molecule has 0 aromatic carbocycles. The number of nitrogens with two attached hydrogens (primary N) is 1. The molecule has 0 aliphatic heterocycles. The first-order valence-corrected chi connectivity index (χ1v) is 7.91. The van der Waals surface area contributed by atoms with E-state index in [1.807, 2.05) is 20.8 Å². The molecule has 0 saturated heterocycles. The van der Waals surface area contributed by atoms with Gasteiger partial charge in [0.05, 0.1) is 6.54 Å².